The van der Waals surface area contributed by atoms with Gasteiger partial charge in [-0.25, -0.2) is 0 Å². The van der Waals surface area contributed by atoms with Crippen molar-refractivity contribution >= 4 is 51.6 Å². The fourth-order valence-corrected chi connectivity index (χ4v) is 2.45. The summed E-state index contributed by atoms with van der Waals surface area (Å²) >= 11 is 12.4. The minimum atomic E-state index is 0.0384. The Morgan fingerprint density at radius 1 is 1.28 bits per heavy atom. The third-order valence-corrected chi connectivity index (χ3v) is 3.65. The van der Waals surface area contributed by atoms with Crippen molar-refractivity contribution < 1.29 is 4.79 Å². The molecule has 1 N–H and O–H groups in total. The van der Waals surface area contributed by atoms with Gasteiger partial charge in [0.05, 0.1) is 16.3 Å². The second-order valence-electron chi connectivity index (χ2n) is 3.63. The molecule has 0 aliphatic rings. The van der Waals surface area contributed by atoms with E-state index in [1.807, 2.05) is 23.6 Å². The van der Waals surface area contributed by atoms with Crippen LogP contribution >= 0.6 is 35.2 Å². The Kier molecular flexibility index (Phi) is 4.47. The van der Waals surface area contributed by atoms with E-state index in [0.717, 1.165) is 10.6 Å². The molecule has 0 saturated carbocycles. The molecule has 1 heterocycles. The van der Waals surface area contributed by atoms with E-state index in [1.165, 1.54) is 11.3 Å². The largest absolute Gasteiger partial charge is 0.350 e. The maximum Gasteiger partial charge on any atom is 0.179 e. The van der Waals surface area contributed by atoms with E-state index in [9.17, 15) is 4.79 Å². The van der Waals surface area contributed by atoms with Crippen LogP contribution in [0.4, 0.5) is 5.69 Å². The van der Waals surface area contributed by atoms with Crippen molar-refractivity contribution in [2.45, 2.75) is 6.42 Å². The molecule has 2 aromatic rings. The van der Waals surface area contributed by atoms with Gasteiger partial charge in [0.2, 0.25) is 0 Å². The summed E-state index contributed by atoms with van der Waals surface area (Å²) < 4.78 is 0. The molecule has 0 bridgehead atoms. The molecular formula is C13H10ClNOS2. The van der Waals surface area contributed by atoms with Crippen LogP contribution in [-0.2, 0) is 0 Å². The Labute approximate surface area is 120 Å². The fourth-order valence-electron chi connectivity index (χ4n) is 1.41. The number of Topliss-reactive ketones (excluding diaryl/α,β-unsaturated/α-hetero) is 1. The first-order valence-electron chi connectivity index (χ1n) is 5.27. The summed E-state index contributed by atoms with van der Waals surface area (Å²) in [6, 6.07) is 10.8. The van der Waals surface area contributed by atoms with Crippen molar-refractivity contribution in [2.75, 3.05) is 5.32 Å². The predicted molar refractivity (Wildman–Crippen MR) is 80.9 cm³/mol. The van der Waals surface area contributed by atoms with Gasteiger partial charge in [-0.3, -0.25) is 4.79 Å². The lowest BCUT2D eigenvalue weighted by Gasteiger charge is -2.06. The zero-order chi connectivity index (χ0) is 13.0. The first kappa shape index (κ1) is 13.2. The van der Waals surface area contributed by atoms with Gasteiger partial charge in [-0.2, -0.15) is 0 Å². The molecule has 0 fully saturated rings. The van der Waals surface area contributed by atoms with Crippen molar-refractivity contribution in [1.29, 1.82) is 0 Å². The minimum absolute atomic E-state index is 0.0384. The Morgan fingerprint density at radius 3 is 2.61 bits per heavy atom. The molecule has 92 valence electrons. The molecule has 2 rings (SSSR count). The molecule has 1 aromatic heterocycles. The van der Waals surface area contributed by atoms with Crippen LogP contribution < -0.4 is 5.32 Å². The molecule has 1 aromatic carbocycles. The van der Waals surface area contributed by atoms with Gasteiger partial charge < -0.3 is 5.32 Å². The summed E-state index contributed by atoms with van der Waals surface area (Å²) in [5.41, 5.74) is 0.836. The first-order valence-corrected chi connectivity index (χ1v) is 6.94. The van der Waals surface area contributed by atoms with Crippen LogP contribution in [0.2, 0.25) is 5.02 Å². The van der Waals surface area contributed by atoms with Crippen LogP contribution in [0.5, 0.6) is 0 Å². The van der Waals surface area contributed by atoms with Gasteiger partial charge in [0.15, 0.2) is 5.78 Å². The number of halogens is 1. The quantitative estimate of drug-likeness (QED) is 0.669. The summed E-state index contributed by atoms with van der Waals surface area (Å²) in [7, 11) is 0. The number of thiophene rings is 1. The lowest BCUT2D eigenvalue weighted by Crippen LogP contribution is -2.13. The second-order valence-corrected chi connectivity index (χ2v) is 5.51. The van der Waals surface area contributed by atoms with Gasteiger partial charge in [0.25, 0.3) is 0 Å². The topological polar surface area (TPSA) is 29.1 Å². The van der Waals surface area contributed by atoms with E-state index in [1.54, 1.807) is 18.2 Å². The van der Waals surface area contributed by atoms with Crippen molar-refractivity contribution in [2.24, 2.45) is 0 Å². The standard InChI is InChI=1S/C13H10ClNOS2/c14-9-3-5-10(6-4-9)15-13(17)8-11(16)12-2-1-7-18-12/h1-7H,8H2,(H,15,17). The summed E-state index contributed by atoms with van der Waals surface area (Å²) in [6.07, 6.45) is 0.221. The smallest absolute Gasteiger partial charge is 0.179 e. The average molecular weight is 296 g/mol. The number of thiocarbonyl (C=S) groups is 1. The number of anilines is 1. The van der Waals surface area contributed by atoms with Crippen LogP contribution in [0.3, 0.4) is 0 Å². The van der Waals surface area contributed by atoms with Crippen molar-refractivity contribution in [3.8, 4) is 0 Å². The van der Waals surface area contributed by atoms with Crippen LogP contribution in [0.1, 0.15) is 16.1 Å². The highest BCUT2D eigenvalue weighted by Crippen LogP contribution is 2.15. The van der Waals surface area contributed by atoms with Crippen molar-refractivity contribution in [3.05, 3.63) is 51.7 Å². The van der Waals surface area contributed by atoms with E-state index < -0.39 is 0 Å². The predicted octanol–water partition coefficient (Wildman–Crippen LogP) is 4.41. The number of hydrogen-bond donors (Lipinski definition) is 1. The molecule has 0 aliphatic carbocycles. The minimum Gasteiger partial charge on any atom is -0.350 e. The van der Waals surface area contributed by atoms with Gasteiger partial charge in [-0.15, -0.1) is 11.3 Å². The number of rotatable bonds is 4. The number of benzene rings is 1. The van der Waals surface area contributed by atoms with Crippen LogP contribution in [0, 0.1) is 0 Å². The Morgan fingerprint density at radius 2 is 2.00 bits per heavy atom. The molecule has 5 heteroatoms. The molecule has 0 atom stereocenters. The van der Waals surface area contributed by atoms with E-state index >= 15 is 0 Å². The monoisotopic (exact) mass is 295 g/mol. The van der Waals surface area contributed by atoms with Gasteiger partial charge >= 0.3 is 0 Å². The van der Waals surface area contributed by atoms with Gasteiger partial charge in [0, 0.05) is 10.7 Å². The van der Waals surface area contributed by atoms with Crippen LogP contribution in [-0.4, -0.2) is 10.8 Å². The Hall–Kier alpha value is -1.23. The third-order valence-electron chi connectivity index (χ3n) is 2.25. The molecule has 0 saturated heterocycles. The Bertz CT molecular complexity index is 549. The highest BCUT2D eigenvalue weighted by Gasteiger charge is 2.09. The average Bonchev–Trinajstić information content (AvgIpc) is 2.85. The molecule has 0 unspecified atom stereocenters. The van der Waals surface area contributed by atoms with Gasteiger partial charge in [-0.1, -0.05) is 29.9 Å². The van der Waals surface area contributed by atoms with Crippen molar-refractivity contribution in [3.63, 3.8) is 0 Å². The summed E-state index contributed by atoms with van der Waals surface area (Å²) in [5.74, 6) is 0.0384. The highest BCUT2D eigenvalue weighted by atomic mass is 35.5. The molecule has 0 spiro atoms. The maximum atomic E-state index is 11.8. The SMILES string of the molecule is O=C(CC(=S)Nc1ccc(Cl)cc1)c1cccs1. The van der Waals surface area contributed by atoms with Gasteiger partial charge in [0.1, 0.15) is 0 Å². The number of carbonyl (C=O) groups excluding carboxylic acids is 1. The maximum absolute atomic E-state index is 11.8. The van der Waals surface area contributed by atoms with E-state index in [4.69, 9.17) is 23.8 Å². The van der Waals surface area contributed by atoms with Crippen LogP contribution in [0.15, 0.2) is 41.8 Å². The number of carbonyl (C=O) groups is 1. The zero-order valence-corrected chi connectivity index (χ0v) is 11.7. The first-order chi connectivity index (χ1) is 8.65. The lowest BCUT2D eigenvalue weighted by molar-refractivity contribution is 0.100. The van der Waals surface area contributed by atoms with Crippen molar-refractivity contribution in [1.82, 2.24) is 0 Å². The summed E-state index contributed by atoms with van der Waals surface area (Å²) in [4.78, 5) is 13.1. The van der Waals surface area contributed by atoms with E-state index in [-0.39, 0.29) is 12.2 Å². The Balaban J connectivity index is 1.93. The van der Waals surface area contributed by atoms with E-state index in [2.05, 4.69) is 5.32 Å². The molecule has 0 amide bonds. The molecular weight excluding hydrogens is 286 g/mol. The highest BCUT2D eigenvalue weighted by molar-refractivity contribution is 7.80. The molecule has 2 nitrogen and oxygen atoms in total. The number of hydrogen-bond acceptors (Lipinski definition) is 3. The van der Waals surface area contributed by atoms with Crippen LogP contribution in [0.25, 0.3) is 0 Å². The number of ketones is 1. The number of nitrogens with one attached hydrogen (secondary N) is 1. The zero-order valence-electron chi connectivity index (χ0n) is 9.35. The summed E-state index contributed by atoms with van der Waals surface area (Å²) in [5, 5.41) is 5.56. The molecule has 0 radical (unpaired) electrons. The molecule has 18 heavy (non-hydrogen) atoms. The van der Waals surface area contributed by atoms with Gasteiger partial charge in [-0.05, 0) is 35.7 Å². The van der Waals surface area contributed by atoms with E-state index in [0.29, 0.717) is 10.0 Å². The third kappa shape index (κ3) is 3.63. The normalized spacial score (nSPS) is 10.1. The lowest BCUT2D eigenvalue weighted by atomic mass is 10.2. The summed E-state index contributed by atoms with van der Waals surface area (Å²) in [6.45, 7) is 0. The second kappa shape index (κ2) is 6.09. The molecule has 0 aliphatic heterocycles. The fraction of sp³-hybridized carbons (Fsp3) is 0.0769.